The predicted octanol–water partition coefficient (Wildman–Crippen LogP) is 3.88. The van der Waals surface area contributed by atoms with E-state index in [1.807, 2.05) is 6.07 Å². The zero-order chi connectivity index (χ0) is 23.8. The van der Waals surface area contributed by atoms with Crippen molar-refractivity contribution >= 4 is 38.6 Å². The summed E-state index contributed by atoms with van der Waals surface area (Å²) in [6, 6.07) is 20.3. The zero-order valence-corrected chi connectivity index (χ0v) is 20.7. The molecule has 1 amide bonds. The summed E-state index contributed by atoms with van der Waals surface area (Å²) in [6.45, 7) is 5.86. The van der Waals surface area contributed by atoms with Gasteiger partial charge in [-0.25, -0.2) is 8.42 Å². The lowest BCUT2D eigenvalue weighted by atomic mass is 10.2. The standard InChI is InChI=1S/C25H30N4O3S2/c30-25(21-10-12-22(13-11-21)27-34(31,32)24-9-6-20-33-24)26-14-4-5-15-28-16-18-29(19-17-28)23-7-2-1-3-8-23/h1-3,6-13,20,27H,4-5,14-19H2,(H,26,30). The van der Waals surface area contributed by atoms with E-state index in [2.05, 4.69) is 44.1 Å². The maximum atomic E-state index is 12.4. The number of hydrogen-bond acceptors (Lipinski definition) is 6. The minimum atomic E-state index is -3.59. The minimum Gasteiger partial charge on any atom is -0.369 e. The fourth-order valence-electron chi connectivity index (χ4n) is 3.94. The Morgan fingerprint density at radius 3 is 2.29 bits per heavy atom. The number of unbranched alkanes of at least 4 members (excludes halogenated alkanes) is 1. The van der Waals surface area contributed by atoms with Crippen LogP contribution in [0.3, 0.4) is 0 Å². The molecule has 1 aromatic heterocycles. The average Bonchev–Trinajstić information content (AvgIpc) is 3.41. The number of anilines is 2. The monoisotopic (exact) mass is 498 g/mol. The Morgan fingerprint density at radius 2 is 1.62 bits per heavy atom. The molecule has 2 heterocycles. The summed E-state index contributed by atoms with van der Waals surface area (Å²) in [5.41, 5.74) is 2.23. The van der Waals surface area contributed by atoms with E-state index >= 15 is 0 Å². The molecule has 0 saturated carbocycles. The van der Waals surface area contributed by atoms with Crippen LogP contribution in [0.15, 0.2) is 76.3 Å². The van der Waals surface area contributed by atoms with Crippen LogP contribution in [0.25, 0.3) is 0 Å². The Hall–Kier alpha value is -2.88. The summed E-state index contributed by atoms with van der Waals surface area (Å²) in [6.07, 6.45) is 1.96. The van der Waals surface area contributed by atoms with Crippen LogP contribution < -0.4 is 14.9 Å². The van der Waals surface area contributed by atoms with Crippen molar-refractivity contribution in [3.05, 3.63) is 77.7 Å². The number of carbonyl (C=O) groups is 1. The Balaban J connectivity index is 1.13. The van der Waals surface area contributed by atoms with Crippen molar-refractivity contribution < 1.29 is 13.2 Å². The molecule has 1 aliphatic rings. The first-order valence-corrected chi connectivity index (χ1v) is 13.8. The van der Waals surface area contributed by atoms with Crippen molar-refractivity contribution in [3.8, 4) is 0 Å². The molecule has 1 aliphatic heterocycles. The molecular weight excluding hydrogens is 468 g/mol. The SMILES string of the molecule is O=C(NCCCCN1CCN(c2ccccc2)CC1)c1ccc(NS(=O)(=O)c2cccs2)cc1. The number of para-hydroxylation sites is 1. The van der Waals surface area contributed by atoms with Crippen LogP contribution in [0.2, 0.25) is 0 Å². The Morgan fingerprint density at radius 1 is 0.882 bits per heavy atom. The third kappa shape index (κ3) is 6.59. The van der Waals surface area contributed by atoms with Crippen molar-refractivity contribution in [2.45, 2.75) is 17.1 Å². The van der Waals surface area contributed by atoms with E-state index in [4.69, 9.17) is 0 Å². The summed E-state index contributed by atoms with van der Waals surface area (Å²) in [5.74, 6) is -0.149. The number of hydrogen-bond donors (Lipinski definition) is 2. The minimum absolute atomic E-state index is 0.149. The Labute approximate surface area is 205 Å². The molecule has 2 N–H and O–H groups in total. The van der Waals surface area contributed by atoms with Gasteiger partial charge >= 0.3 is 0 Å². The molecule has 0 radical (unpaired) electrons. The molecule has 0 unspecified atom stereocenters. The number of thiophene rings is 1. The lowest BCUT2D eigenvalue weighted by Crippen LogP contribution is -2.46. The van der Waals surface area contributed by atoms with Gasteiger partial charge in [0.05, 0.1) is 0 Å². The van der Waals surface area contributed by atoms with Gasteiger partial charge in [-0.3, -0.25) is 14.4 Å². The molecule has 9 heteroatoms. The van der Waals surface area contributed by atoms with Crippen molar-refractivity contribution in [2.75, 3.05) is 48.9 Å². The number of amides is 1. The van der Waals surface area contributed by atoms with E-state index in [0.29, 0.717) is 17.8 Å². The highest BCUT2D eigenvalue weighted by molar-refractivity contribution is 7.94. The first-order chi connectivity index (χ1) is 16.5. The smallest absolute Gasteiger partial charge is 0.271 e. The first kappa shape index (κ1) is 24.3. The molecule has 7 nitrogen and oxygen atoms in total. The van der Waals surface area contributed by atoms with E-state index in [0.717, 1.165) is 56.9 Å². The number of benzene rings is 2. The van der Waals surface area contributed by atoms with Crippen LogP contribution in [0.5, 0.6) is 0 Å². The molecule has 1 fully saturated rings. The van der Waals surface area contributed by atoms with Crippen molar-refractivity contribution in [1.29, 1.82) is 0 Å². The van der Waals surface area contributed by atoms with Crippen LogP contribution in [0.4, 0.5) is 11.4 Å². The molecule has 4 rings (SSSR count). The molecule has 0 bridgehead atoms. The molecule has 1 saturated heterocycles. The van der Waals surface area contributed by atoms with E-state index in [-0.39, 0.29) is 10.1 Å². The number of rotatable bonds is 10. The van der Waals surface area contributed by atoms with Gasteiger partial charge in [0.25, 0.3) is 15.9 Å². The molecule has 0 atom stereocenters. The number of nitrogens with zero attached hydrogens (tertiary/aromatic N) is 2. The third-order valence-corrected chi connectivity index (χ3v) is 8.62. The van der Waals surface area contributed by atoms with E-state index in [1.165, 1.54) is 5.69 Å². The van der Waals surface area contributed by atoms with Gasteiger partial charge in [-0.2, -0.15) is 0 Å². The van der Waals surface area contributed by atoms with Gasteiger partial charge in [-0.15, -0.1) is 11.3 Å². The van der Waals surface area contributed by atoms with Crippen LogP contribution in [-0.4, -0.2) is 58.5 Å². The van der Waals surface area contributed by atoms with Crippen molar-refractivity contribution in [3.63, 3.8) is 0 Å². The number of carbonyl (C=O) groups excluding carboxylic acids is 1. The van der Waals surface area contributed by atoms with Gasteiger partial charge < -0.3 is 10.2 Å². The summed E-state index contributed by atoms with van der Waals surface area (Å²) in [7, 11) is -3.59. The van der Waals surface area contributed by atoms with Crippen LogP contribution in [-0.2, 0) is 10.0 Å². The molecule has 0 aliphatic carbocycles. The largest absolute Gasteiger partial charge is 0.369 e. The fourth-order valence-corrected chi connectivity index (χ4v) is 6.00. The predicted molar refractivity (Wildman–Crippen MR) is 138 cm³/mol. The van der Waals surface area contributed by atoms with Gasteiger partial charge in [0.1, 0.15) is 4.21 Å². The second kappa shape index (κ2) is 11.5. The lowest BCUT2D eigenvalue weighted by molar-refractivity contribution is 0.0952. The summed E-state index contributed by atoms with van der Waals surface area (Å²) in [4.78, 5) is 17.3. The normalized spacial score (nSPS) is 14.6. The van der Waals surface area contributed by atoms with Gasteiger partial charge in [0.15, 0.2) is 0 Å². The van der Waals surface area contributed by atoms with Crippen LogP contribution in [0.1, 0.15) is 23.2 Å². The maximum Gasteiger partial charge on any atom is 0.271 e. The summed E-state index contributed by atoms with van der Waals surface area (Å²) in [5, 5.41) is 4.67. The fraction of sp³-hybridized carbons (Fsp3) is 0.320. The molecule has 34 heavy (non-hydrogen) atoms. The first-order valence-electron chi connectivity index (χ1n) is 11.5. The van der Waals surface area contributed by atoms with Crippen molar-refractivity contribution in [1.82, 2.24) is 10.2 Å². The topological polar surface area (TPSA) is 81.8 Å². The maximum absolute atomic E-state index is 12.4. The zero-order valence-electron chi connectivity index (χ0n) is 19.0. The Kier molecular flexibility index (Phi) is 8.21. The van der Waals surface area contributed by atoms with Crippen molar-refractivity contribution in [2.24, 2.45) is 0 Å². The van der Waals surface area contributed by atoms with Gasteiger partial charge in [-0.05, 0) is 67.2 Å². The molecular formula is C25H30N4O3S2. The van der Waals surface area contributed by atoms with Crippen LogP contribution in [0, 0.1) is 0 Å². The lowest BCUT2D eigenvalue weighted by Gasteiger charge is -2.36. The summed E-state index contributed by atoms with van der Waals surface area (Å²) >= 11 is 1.16. The summed E-state index contributed by atoms with van der Waals surface area (Å²) < 4.78 is 27.4. The number of sulfonamides is 1. The third-order valence-electron chi connectivity index (χ3n) is 5.84. The number of piperazine rings is 1. The molecule has 180 valence electrons. The highest BCUT2D eigenvalue weighted by Gasteiger charge is 2.17. The van der Waals surface area contributed by atoms with Gasteiger partial charge in [0, 0.05) is 49.7 Å². The second-order valence-corrected chi connectivity index (χ2v) is 11.1. The molecule has 2 aromatic carbocycles. The highest BCUT2D eigenvalue weighted by atomic mass is 32.2. The molecule has 0 spiro atoms. The highest BCUT2D eigenvalue weighted by Crippen LogP contribution is 2.20. The van der Waals surface area contributed by atoms with E-state index < -0.39 is 10.0 Å². The quantitative estimate of drug-likeness (QED) is 0.415. The van der Waals surface area contributed by atoms with E-state index in [1.54, 1.807) is 41.8 Å². The average molecular weight is 499 g/mol. The van der Waals surface area contributed by atoms with Crippen LogP contribution >= 0.6 is 11.3 Å². The molecule has 3 aromatic rings. The van der Waals surface area contributed by atoms with E-state index in [9.17, 15) is 13.2 Å². The second-order valence-electron chi connectivity index (χ2n) is 8.24. The Bertz CT molecular complexity index is 1140. The van der Waals surface area contributed by atoms with Gasteiger partial charge in [-0.1, -0.05) is 24.3 Å². The number of nitrogens with one attached hydrogen (secondary N) is 2. The van der Waals surface area contributed by atoms with Gasteiger partial charge in [0.2, 0.25) is 0 Å².